The maximum absolute atomic E-state index is 3.74. The first-order valence-electron chi connectivity index (χ1n) is 5.72. The number of hydrogen-bond donors (Lipinski definition) is 0. The average Bonchev–Trinajstić information content (AvgIpc) is 2.35. The Morgan fingerprint density at radius 3 is 1.75 bits per heavy atom. The first kappa shape index (κ1) is 20.2. The van der Waals surface area contributed by atoms with E-state index in [1.54, 1.807) is 0 Å². The van der Waals surface area contributed by atoms with Crippen molar-refractivity contribution in [1.29, 1.82) is 0 Å². The van der Waals surface area contributed by atoms with Crippen LogP contribution < -0.4 is 0 Å². The van der Waals surface area contributed by atoms with Crippen molar-refractivity contribution in [3.63, 3.8) is 0 Å². The lowest BCUT2D eigenvalue weighted by Crippen LogP contribution is -1.76. The fraction of sp³-hybridized carbons (Fsp3) is 0.375. The molecule has 1 rings (SSSR count). The van der Waals surface area contributed by atoms with Gasteiger partial charge in [-0.25, -0.2) is 0 Å². The van der Waals surface area contributed by atoms with Gasteiger partial charge in [-0.15, -0.1) is 0 Å². The lowest BCUT2D eigenvalue weighted by Gasteiger charge is -1.97. The highest BCUT2D eigenvalue weighted by Crippen LogP contribution is 2.11. The van der Waals surface area contributed by atoms with E-state index in [2.05, 4.69) is 24.8 Å². The molecule has 92 valence electrons. The van der Waals surface area contributed by atoms with Crippen LogP contribution >= 0.6 is 0 Å². The van der Waals surface area contributed by atoms with Gasteiger partial charge in [0.15, 0.2) is 0 Å². The zero-order valence-corrected chi connectivity index (χ0v) is 10.7. The van der Waals surface area contributed by atoms with E-state index in [1.165, 1.54) is 11.1 Å². The molecular weight excluding hydrogens is 192 g/mol. The molecule has 1 aromatic rings. The Bertz CT molecular complexity index is 269. The fourth-order valence-corrected chi connectivity index (χ4v) is 1.03. The van der Waals surface area contributed by atoms with Crippen LogP contribution in [0.2, 0.25) is 0 Å². The topological polar surface area (TPSA) is 0 Å². The van der Waals surface area contributed by atoms with E-state index in [9.17, 15) is 0 Å². The van der Waals surface area contributed by atoms with Crippen molar-refractivity contribution in [2.45, 2.75) is 42.0 Å². The van der Waals surface area contributed by atoms with Gasteiger partial charge in [0.1, 0.15) is 0 Å². The van der Waals surface area contributed by atoms with E-state index in [4.69, 9.17) is 0 Å². The summed E-state index contributed by atoms with van der Waals surface area (Å²) in [4.78, 5) is 0. The van der Waals surface area contributed by atoms with E-state index in [-0.39, 0.29) is 7.43 Å². The molecule has 16 heavy (non-hydrogen) atoms. The molecule has 0 heterocycles. The molecule has 0 aliphatic heterocycles. The summed E-state index contributed by atoms with van der Waals surface area (Å²) >= 11 is 0. The normalized spacial score (nSPS) is 7.81. The summed E-state index contributed by atoms with van der Waals surface area (Å²) in [5.41, 5.74) is 2.41. The Morgan fingerprint density at radius 2 is 1.38 bits per heavy atom. The van der Waals surface area contributed by atoms with E-state index < -0.39 is 0 Å². The van der Waals surface area contributed by atoms with Crippen LogP contribution in [0.4, 0.5) is 0 Å². The average molecular weight is 220 g/mol. The van der Waals surface area contributed by atoms with Crippen LogP contribution in [0.1, 0.15) is 53.2 Å². The summed E-state index contributed by atoms with van der Waals surface area (Å²) in [6.45, 7) is 13.8. The van der Waals surface area contributed by atoms with Gasteiger partial charge in [-0.05, 0) is 18.1 Å². The predicted molar refractivity (Wildman–Crippen MR) is 80.7 cm³/mol. The predicted octanol–water partition coefficient (Wildman–Crippen LogP) is 6.05. The molecule has 1 aromatic carbocycles. The Labute approximate surface area is 103 Å². The van der Waals surface area contributed by atoms with Gasteiger partial charge in [-0.3, -0.25) is 0 Å². The first-order valence-corrected chi connectivity index (χ1v) is 5.72. The largest absolute Gasteiger partial charge is 0.0984 e. The Kier molecular flexibility index (Phi) is 20.3. The third kappa shape index (κ3) is 8.05. The molecule has 0 spiro atoms. The van der Waals surface area contributed by atoms with E-state index in [0.717, 1.165) is 0 Å². The quantitative estimate of drug-likeness (QED) is 0.569. The molecule has 0 saturated carbocycles. The van der Waals surface area contributed by atoms with Gasteiger partial charge in [-0.2, -0.15) is 0 Å². The second kappa shape index (κ2) is 16.1. The zero-order chi connectivity index (χ0) is 12.1. The zero-order valence-electron chi connectivity index (χ0n) is 10.7. The van der Waals surface area contributed by atoms with Gasteiger partial charge in [0.05, 0.1) is 0 Å². The van der Waals surface area contributed by atoms with E-state index in [1.807, 2.05) is 58.9 Å². The van der Waals surface area contributed by atoms with E-state index >= 15 is 0 Å². The molecule has 0 aromatic heterocycles. The molecule has 0 N–H and O–H groups in total. The third-order valence-electron chi connectivity index (χ3n) is 1.56. The summed E-state index contributed by atoms with van der Waals surface area (Å²) in [5, 5.41) is 0. The monoisotopic (exact) mass is 220 g/mol. The maximum atomic E-state index is 3.74. The maximum Gasteiger partial charge on any atom is -0.0188 e. The van der Waals surface area contributed by atoms with Crippen LogP contribution in [0.15, 0.2) is 36.9 Å². The Balaban J connectivity index is -0.000000305. The number of benzene rings is 1. The minimum absolute atomic E-state index is 0. The van der Waals surface area contributed by atoms with Crippen LogP contribution in [-0.4, -0.2) is 0 Å². The van der Waals surface area contributed by atoms with Crippen LogP contribution in [0, 0.1) is 0 Å². The van der Waals surface area contributed by atoms with Crippen molar-refractivity contribution < 1.29 is 0 Å². The van der Waals surface area contributed by atoms with Crippen LogP contribution in [0.25, 0.3) is 12.2 Å². The highest BCUT2D eigenvalue weighted by Gasteiger charge is 1.90. The SMILES string of the molecule is C.C=Cc1ccccc1/C=C\C.CC.CC. The van der Waals surface area contributed by atoms with Gasteiger partial charge in [0, 0.05) is 0 Å². The summed E-state index contributed by atoms with van der Waals surface area (Å²) in [6.07, 6.45) is 5.98. The third-order valence-corrected chi connectivity index (χ3v) is 1.56. The number of rotatable bonds is 2. The van der Waals surface area contributed by atoms with Crippen molar-refractivity contribution in [2.75, 3.05) is 0 Å². The number of hydrogen-bond acceptors (Lipinski definition) is 0. The Morgan fingerprint density at radius 1 is 0.938 bits per heavy atom. The Hall–Kier alpha value is -1.30. The molecular formula is C16H28. The summed E-state index contributed by atoms with van der Waals surface area (Å²) in [6, 6.07) is 8.19. The lowest BCUT2D eigenvalue weighted by molar-refractivity contribution is 1.50. The molecule has 0 saturated heterocycles. The molecule has 0 amide bonds. The smallest absolute Gasteiger partial charge is 0.0188 e. The molecule has 0 unspecified atom stereocenters. The summed E-state index contributed by atoms with van der Waals surface area (Å²) in [7, 11) is 0. The van der Waals surface area contributed by atoms with Gasteiger partial charge in [0.25, 0.3) is 0 Å². The highest BCUT2D eigenvalue weighted by molar-refractivity contribution is 5.63. The van der Waals surface area contributed by atoms with Crippen molar-refractivity contribution in [3.05, 3.63) is 48.0 Å². The van der Waals surface area contributed by atoms with Gasteiger partial charge in [0.2, 0.25) is 0 Å². The van der Waals surface area contributed by atoms with Crippen molar-refractivity contribution in [2.24, 2.45) is 0 Å². The highest BCUT2D eigenvalue weighted by atomic mass is 13.9. The lowest BCUT2D eigenvalue weighted by atomic mass is 10.1. The molecule has 0 nitrogen and oxygen atoms in total. The fourth-order valence-electron chi connectivity index (χ4n) is 1.03. The molecule has 0 atom stereocenters. The molecule has 0 heteroatoms. The summed E-state index contributed by atoms with van der Waals surface area (Å²) in [5.74, 6) is 0. The molecule has 0 bridgehead atoms. The van der Waals surface area contributed by atoms with Crippen molar-refractivity contribution in [3.8, 4) is 0 Å². The summed E-state index contributed by atoms with van der Waals surface area (Å²) < 4.78 is 0. The van der Waals surface area contributed by atoms with Crippen molar-refractivity contribution >= 4 is 12.2 Å². The first-order chi connectivity index (χ1) is 7.38. The molecule has 0 aliphatic carbocycles. The molecule has 0 radical (unpaired) electrons. The second-order valence-electron chi connectivity index (χ2n) is 2.33. The second-order valence-corrected chi connectivity index (χ2v) is 2.33. The van der Waals surface area contributed by atoms with E-state index in [0.29, 0.717) is 0 Å². The minimum atomic E-state index is 0. The van der Waals surface area contributed by atoms with Crippen LogP contribution in [0.5, 0.6) is 0 Å². The van der Waals surface area contributed by atoms with Gasteiger partial charge < -0.3 is 0 Å². The molecule has 0 fully saturated rings. The van der Waals surface area contributed by atoms with Crippen LogP contribution in [-0.2, 0) is 0 Å². The minimum Gasteiger partial charge on any atom is -0.0984 e. The van der Waals surface area contributed by atoms with Gasteiger partial charge >= 0.3 is 0 Å². The van der Waals surface area contributed by atoms with Crippen molar-refractivity contribution in [1.82, 2.24) is 0 Å². The van der Waals surface area contributed by atoms with Crippen LogP contribution in [0.3, 0.4) is 0 Å². The molecule has 0 aliphatic rings. The van der Waals surface area contributed by atoms with Gasteiger partial charge in [-0.1, -0.05) is 84.2 Å². The standard InChI is InChI=1S/C11H12.2C2H6.CH4/c1-3-7-11-9-6-5-8-10(11)4-2;2*1-2;/h3-9H,2H2,1H3;2*1-2H3;1H4/b7-3-;;;. The number of allylic oxidation sites excluding steroid dienone is 1.